The van der Waals surface area contributed by atoms with Crippen molar-refractivity contribution in [2.75, 3.05) is 20.3 Å². The quantitative estimate of drug-likeness (QED) is 0.683. The van der Waals surface area contributed by atoms with Crippen LogP contribution in [-0.2, 0) is 14.9 Å². The predicted molar refractivity (Wildman–Crippen MR) is 67.1 cm³/mol. The summed E-state index contributed by atoms with van der Waals surface area (Å²) >= 11 is 0. The molecule has 90 valence electrons. The second-order valence-corrected chi connectivity index (χ2v) is 5.29. The van der Waals surface area contributed by atoms with Gasteiger partial charge in [0.15, 0.2) is 0 Å². The molecule has 1 rings (SSSR count). The van der Waals surface area contributed by atoms with Gasteiger partial charge in [0.1, 0.15) is 5.75 Å². The first-order valence-corrected chi connectivity index (χ1v) is 7.42. The molecule has 0 radical (unpaired) electrons. The Morgan fingerprint density at radius 2 is 1.69 bits per heavy atom. The second-order valence-electron chi connectivity index (χ2n) is 3.36. The highest BCUT2D eigenvalue weighted by atomic mass is 28.3. The summed E-state index contributed by atoms with van der Waals surface area (Å²) in [5.41, 5.74) is 1.17. The summed E-state index contributed by atoms with van der Waals surface area (Å²) in [7, 11) is 0.109. The van der Waals surface area contributed by atoms with Gasteiger partial charge in [-0.05, 0) is 25.5 Å². The fraction of sp³-hybridized carbons (Fsp3) is 0.500. The summed E-state index contributed by atoms with van der Waals surface area (Å²) < 4.78 is 16.6. The zero-order chi connectivity index (χ0) is 11.8. The Bertz CT molecular complexity index is 298. The zero-order valence-electron chi connectivity index (χ0n) is 10.2. The Labute approximate surface area is 99.2 Å². The van der Waals surface area contributed by atoms with Crippen molar-refractivity contribution < 1.29 is 13.6 Å². The van der Waals surface area contributed by atoms with Gasteiger partial charge >= 0.3 is 9.28 Å². The minimum absolute atomic E-state index is 0.714. The lowest BCUT2D eigenvalue weighted by atomic mass is 10.2. The van der Waals surface area contributed by atoms with E-state index in [1.807, 2.05) is 32.0 Å². The van der Waals surface area contributed by atoms with Crippen LogP contribution in [0, 0.1) is 0 Å². The van der Waals surface area contributed by atoms with Gasteiger partial charge in [0.2, 0.25) is 0 Å². The van der Waals surface area contributed by atoms with Crippen molar-refractivity contribution in [3.05, 3.63) is 29.8 Å². The lowest BCUT2D eigenvalue weighted by Crippen LogP contribution is -2.26. The fourth-order valence-electron chi connectivity index (χ4n) is 1.59. The van der Waals surface area contributed by atoms with Gasteiger partial charge < -0.3 is 13.6 Å². The molecule has 0 aliphatic rings. The van der Waals surface area contributed by atoms with E-state index in [0.29, 0.717) is 13.2 Å². The minimum Gasteiger partial charge on any atom is -0.496 e. The summed E-state index contributed by atoms with van der Waals surface area (Å²) in [6.45, 7) is 5.43. The van der Waals surface area contributed by atoms with Crippen molar-refractivity contribution in [3.63, 3.8) is 0 Å². The largest absolute Gasteiger partial charge is 0.496 e. The van der Waals surface area contributed by atoms with Crippen molar-refractivity contribution in [1.29, 1.82) is 0 Å². The van der Waals surface area contributed by atoms with Crippen molar-refractivity contribution in [3.8, 4) is 5.75 Å². The molecule has 0 aliphatic carbocycles. The lowest BCUT2D eigenvalue weighted by molar-refractivity contribution is 0.212. The molecule has 0 unspecified atom stereocenters. The highest BCUT2D eigenvalue weighted by Gasteiger charge is 2.15. The predicted octanol–water partition coefficient (Wildman–Crippen LogP) is 2.07. The van der Waals surface area contributed by atoms with E-state index < -0.39 is 9.28 Å². The molecular formula is C12H20O3Si. The van der Waals surface area contributed by atoms with Crippen LogP contribution in [0.5, 0.6) is 5.75 Å². The number of rotatable bonds is 7. The average molecular weight is 240 g/mol. The third-order valence-electron chi connectivity index (χ3n) is 2.28. The van der Waals surface area contributed by atoms with Gasteiger partial charge in [-0.1, -0.05) is 18.2 Å². The first-order chi connectivity index (χ1) is 7.81. The number of benzene rings is 1. The molecule has 0 spiro atoms. The van der Waals surface area contributed by atoms with E-state index in [-0.39, 0.29) is 0 Å². The third-order valence-corrected chi connectivity index (χ3v) is 4.47. The van der Waals surface area contributed by atoms with E-state index in [2.05, 4.69) is 6.07 Å². The molecular weight excluding hydrogens is 220 g/mol. The van der Waals surface area contributed by atoms with E-state index in [9.17, 15) is 0 Å². The van der Waals surface area contributed by atoms with Crippen LogP contribution in [0.25, 0.3) is 0 Å². The van der Waals surface area contributed by atoms with Crippen molar-refractivity contribution >= 4 is 9.28 Å². The second kappa shape index (κ2) is 7.43. The number of hydrogen-bond acceptors (Lipinski definition) is 3. The molecule has 0 fully saturated rings. The molecule has 0 amide bonds. The average Bonchev–Trinajstić information content (AvgIpc) is 2.30. The standard InChI is InChI=1S/C12H20O3Si/c1-4-14-16(15-5-2)10-11-8-6-7-9-12(11)13-3/h6-9,16H,4-5,10H2,1-3H3. The van der Waals surface area contributed by atoms with Crippen LogP contribution in [-0.4, -0.2) is 29.6 Å². The molecule has 16 heavy (non-hydrogen) atoms. The smallest absolute Gasteiger partial charge is 0.326 e. The molecule has 3 nitrogen and oxygen atoms in total. The number of methoxy groups -OCH3 is 1. The molecule has 0 N–H and O–H groups in total. The first kappa shape index (κ1) is 13.2. The summed E-state index contributed by atoms with van der Waals surface area (Å²) in [4.78, 5) is 0. The van der Waals surface area contributed by atoms with E-state index >= 15 is 0 Å². The summed E-state index contributed by atoms with van der Waals surface area (Å²) in [5.74, 6) is 0.916. The van der Waals surface area contributed by atoms with Gasteiger partial charge in [-0.25, -0.2) is 0 Å². The molecule has 0 saturated carbocycles. The van der Waals surface area contributed by atoms with Crippen LogP contribution < -0.4 is 4.74 Å². The molecule has 4 heteroatoms. The molecule has 1 aromatic carbocycles. The topological polar surface area (TPSA) is 27.7 Å². The molecule has 0 bridgehead atoms. The maximum absolute atomic E-state index is 5.65. The van der Waals surface area contributed by atoms with Gasteiger partial charge in [-0.2, -0.15) is 0 Å². The van der Waals surface area contributed by atoms with Gasteiger partial charge in [0, 0.05) is 19.3 Å². The minimum atomic E-state index is -1.58. The Morgan fingerprint density at radius 1 is 1.06 bits per heavy atom. The van der Waals surface area contributed by atoms with E-state index in [0.717, 1.165) is 11.8 Å². The Morgan fingerprint density at radius 3 is 2.25 bits per heavy atom. The van der Waals surface area contributed by atoms with Crippen LogP contribution in [0.1, 0.15) is 19.4 Å². The summed E-state index contributed by atoms with van der Waals surface area (Å²) in [6.07, 6.45) is 0. The van der Waals surface area contributed by atoms with E-state index in [1.54, 1.807) is 7.11 Å². The number of ether oxygens (including phenoxy) is 1. The van der Waals surface area contributed by atoms with Gasteiger partial charge in [0.05, 0.1) is 7.11 Å². The van der Waals surface area contributed by atoms with Crippen molar-refractivity contribution in [1.82, 2.24) is 0 Å². The monoisotopic (exact) mass is 240 g/mol. The van der Waals surface area contributed by atoms with Crippen molar-refractivity contribution in [2.45, 2.75) is 19.9 Å². The van der Waals surface area contributed by atoms with Crippen LogP contribution in [0.4, 0.5) is 0 Å². The maximum atomic E-state index is 5.65. The van der Waals surface area contributed by atoms with Gasteiger partial charge in [-0.3, -0.25) is 0 Å². The highest BCUT2D eigenvalue weighted by Crippen LogP contribution is 2.19. The molecule has 0 aromatic heterocycles. The van der Waals surface area contributed by atoms with Crippen LogP contribution in [0.15, 0.2) is 24.3 Å². The SMILES string of the molecule is CCO[SiH](Cc1ccccc1OC)OCC. The number of hydrogen-bond donors (Lipinski definition) is 0. The fourth-order valence-corrected chi connectivity index (χ4v) is 3.36. The summed E-state index contributed by atoms with van der Waals surface area (Å²) in [6, 6.07) is 8.88. The number of para-hydroxylation sites is 1. The van der Waals surface area contributed by atoms with E-state index in [1.165, 1.54) is 5.56 Å². The van der Waals surface area contributed by atoms with Crippen LogP contribution in [0.2, 0.25) is 0 Å². The Balaban J connectivity index is 2.67. The lowest BCUT2D eigenvalue weighted by Gasteiger charge is -2.16. The van der Waals surface area contributed by atoms with Gasteiger partial charge in [0.25, 0.3) is 0 Å². The summed E-state index contributed by atoms with van der Waals surface area (Å²) in [5, 5.41) is 0. The van der Waals surface area contributed by atoms with E-state index in [4.69, 9.17) is 13.6 Å². The van der Waals surface area contributed by atoms with Crippen LogP contribution in [0.3, 0.4) is 0 Å². The molecule has 0 atom stereocenters. The molecule has 0 saturated heterocycles. The Kier molecular flexibility index (Phi) is 6.14. The molecule has 0 aliphatic heterocycles. The molecule has 1 aromatic rings. The van der Waals surface area contributed by atoms with Crippen molar-refractivity contribution in [2.24, 2.45) is 0 Å². The molecule has 0 heterocycles. The van der Waals surface area contributed by atoms with Crippen LogP contribution >= 0.6 is 0 Å². The first-order valence-electron chi connectivity index (χ1n) is 5.66. The third kappa shape index (κ3) is 3.96. The Hall–Kier alpha value is -0.843. The normalized spacial score (nSPS) is 10.8. The highest BCUT2D eigenvalue weighted by molar-refractivity contribution is 6.43. The maximum Gasteiger partial charge on any atom is 0.326 e. The zero-order valence-corrected chi connectivity index (χ0v) is 11.4. The van der Waals surface area contributed by atoms with Gasteiger partial charge in [-0.15, -0.1) is 0 Å².